The maximum atomic E-state index is 12.6. The molecule has 0 aliphatic heterocycles. The summed E-state index contributed by atoms with van der Waals surface area (Å²) in [5, 5.41) is 5.78. The largest absolute Gasteiger partial charge is 0.497 e. The van der Waals surface area contributed by atoms with E-state index in [0.717, 1.165) is 0 Å². The van der Waals surface area contributed by atoms with Gasteiger partial charge in [-0.3, -0.25) is 9.59 Å². The molecular weight excluding hydrogens is 332 g/mol. The van der Waals surface area contributed by atoms with E-state index >= 15 is 0 Å². The van der Waals surface area contributed by atoms with Crippen LogP contribution in [0.3, 0.4) is 0 Å². The third-order valence-corrected chi connectivity index (χ3v) is 4.02. The van der Waals surface area contributed by atoms with E-state index in [0.29, 0.717) is 17.9 Å². The molecule has 0 aliphatic rings. The second kappa shape index (κ2) is 9.03. The summed E-state index contributed by atoms with van der Waals surface area (Å²) >= 11 is 0. The summed E-state index contributed by atoms with van der Waals surface area (Å²) < 4.78 is 6.99. The Hall–Kier alpha value is -2.83. The number of carbonyl (C=O) groups is 2. The lowest BCUT2D eigenvalue weighted by Crippen LogP contribution is -2.52. The van der Waals surface area contributed by atoms with E-state index in [1.165, 1.54) is 0 Å². The molecule has 0 radical (unpaired) electrons. The van der Waals surface area contributed by atoms with Crippen molar-refractivity contribution in [2.75, 3.05) is 7.11 Å². The van der Waals surface area contributed by atoms with E-state index in [-0.39, 0.29) is 23.8 Å². The molecule has 2 amide bonds. The van der Waals surface area contributed by atoms with Gasteiger partial charge in [0.1, 0.15) is 11.8 Å². The predicted octanol–water partition coefficient (Wildman–Crippen LogP) is 1.85. The summed E-state index contributed by atoms with van der Waals surface area (Å²) in [7, 11) is 1.57. The van der Waals surface area contributed by atoms with E-state index in [1.54, 1.807) is 43.9 Å². The molecule has 0 spiro atoms. The predicted molar refractivity (Wildman–Crippen MR) is 98.9 cm³/mol. The van der Waals surface area contributed by atoms with Gasteiger partial charge in [-0.1, -0.05) is 13.8 Å². The third kappa shape index (κ3) is 5.34. The van der Waals surface area contributed by atoms with Gasteiger partial charge in [0.05, 0.1) is 13.4 Å². The number of nitrogens with zero attached hydrogens (tertiary/aromatic N) is 2. The molecule has 1 heterocycles. The van der Waals surface area contributed by atoms with Crippen LogP contribution in [0.15, 0.2) is 43.0 Å². The summed E-state index contributed by atoms with van der Waals surface area (Å²) in [6, 6.07) is 6.07. The van der Waals surface area contributed by atoms with Gasteiger partial charge in [0.25, 0.3) is 5.91 Å². The molecule has 0 fully saturated rings. The van der Waals surface area contributed by atoms with Crippen molar-refractivity contribution in [1.29, 1.82) is 0 Å². The van der Waals surface area contributed by atoms with Gasteiger partial charge in [-0.2, -0.15) is 0 Å². The molecule has 2 atom stereocenters. The highest BCUT2D eigenvalue weighted by Gasteiger charge is 2.25. The fourth-order valence-electron chi connectivity index (χ4n) is 2.59. The molecule has 0 saturated heterocycles. The average Bonchev–Trinajstić information content (AvgIpc) is 3.11. The summed E-state index contributed by atoms with van der Waals surface area (Å²) in [6.07, 6.45) is 5.24. The van der Waals surface area contributed by atoms with Gasteiger partial charge < -0.3 is 19.9 Å². The SMILES string of the molecule is COc1ccc(C(=O)N[C@H](C(=O)N[C@@H](C)Cn2ccnc2)C(C)C)cc1. The number of aromatic nitrogens is 2. The second-order valence-electron chi connectivity index (χ2n) is 6.59. The van der Waals surface area contributed by atoms with Crippen molar-refractivity contribution in [3.63, 3.8) is 0 Å². The number of imidazole rings is 1. The zero-order valence-electron chi connectivity index (χ0n) is 15.6. The quantitative estimate of drug-likeness (QED) is 0.754. The topological polar surface area (TPSA) is 85.2 Å². The van der Waals surface area contributed by atoms with Gasteiger partial charge in [-0.25, -0.2) is 4.98 Å². The van der Waals surface area contributed by atoms with Crippen molar-refractivity contribution in [2.24, 2.45) is 5.92 Å². The first-order chi connectivity index (χ1) is 12.4. The van der Waals surface area contributed by atoms with Gasteiger partial charge in [0.2, 0.25) is 5.91 Å². The number of ether oxygens (including phenoxy) is 1. The average molecular weight is 358 g/mol. The lowest BCUT2D eigenvalue weighted by atomic mass is 10.0. The minimum absolute atomic E-state index is 0.0438. The first kappa shape index (κ1) is 19.5. The normalized spacial score (nSPS) is 13.1. The monoisotopic (exact) mass is 358 g/mol. The highest BCUT2D eigenvalue weighted by atomic mass is 16.5. The Kier molecular flexibility index (Phi) is 6.77. The number of benzene rings is 1. The number of nitrogens with one attached hydrogen (secondary N) is 2. The molecule has 2 aromatic rings. The standard InChI is InChI=1S/C19H26N4O3/c1-13(2)17(19(25)21-14(3)11-23-10-9-20-12-23)22-18(24)15-5-7-16(26-4)8-6-15/h5-10,12-14,17H,11H2,1-4H3,(H,21,25)(H,22,24)/t14-,17-/m0/s1. The Labute approximate surface area is 153 Å². The van der Waals surface area contributed by atoms with Crippen molar-refractivity contribution < 1.29 is 14.3 Å². The molecule has 26 heavy (non-hydrogen) atoms. The van der Waals surface area contributed by atoms with Gasteiger partial charge in [-0.05, 0) is 37.1 Å². The number of carbonyl (C=O) groups excluding carboxylic acids is 2. The van der Waals surface area contributed by atoms with E-state index < -0.39 is 6.04 Å². The van der Waals surface area contributed by atoms with E-state index in [9.17, 15) is 9.59 Å². The second-order valence-corrected chi connectivity index (χ2v) is 6.59. The van der Waals surface area contributed by atoms with Gasteiger partial charge in [-0.15, -0.1) is 0 Å². The number of hydrogen-bond acceptors (Lipinski definition) is 4. The summed E-state index contributed by atoms with van der Waals surface area (Å²) in [6.45, 7) is 6.34. The molecule has 140 valence electrons. The first-order valence-electron chi connectivity index (χ1n) is 8.61. The van der Waals surface area contributed by atoms with Crippen molar-refractivity contribution in [3.8, 4) is 5.75 Å². The fourth-order valence-corrected chi connectivity index (χ4v) is 2.59. The van der Waals surface area contributed by atoms with Crippen molar-refractivity contribution in [2.45, 2.75) is 39.4 Å². The molecule has 7 nitrogen and oxygen atoms in total. The van der Waals surface area contributed by atoms with E-state index in [1.807, 2.05) is 31.5 Å². The zero-order valence-corrected chi connectivity index (χ0v) is 15.6. The third-order valence-electron chi connectivity index (χ3n) is 4.02. The summed E-state index contributed by atoms with van der Waals surface area (Å²) in [5.74, 6) is 0.143. The van der Waals surface area contributed by atoms with Crippen LogP contribution in [0.25, 0.3) is 0 Å². The van der Waals surface area contributed by atoms with Gasteiger partial charge in [0, 0.05) is 30.5 Å². The van der Waals surface area contributed by atoms with Crippen molar-refractivity contribution in [3.05, 3.63) is 48.5 Å². The Balaban J connectivity index is 1.97. The molecule has 0 unspecified atom stereocenters. The zero-order chi connectivity index (χ0) is 19.1. The number of hydrogen-bond donors (Lipinski definition) is 2. The van der Waals surface area contributed by atoms with Crippen molar-refractivity contribution >= 4 is 11.8 Å². The molecule has 0 aliphatic carbocycles. The van der Waals surface area contributed by atoms with Crippen LogP contribution < -0.4 is 15.4 Å². The van der Waals surface area contributed by atoms with E-state index in [4.69, 9.17) is 4.74 Å². The smallest absolute Gasteiger partial charge is 0.251 e. The van der Waals surface area contributed by atoms with Crippen LogP contribution in [0.4, 0.5) is 0 Å². The lowest BCUT2D eigenvalue weighted by molar-refractivity contribution is -0.124. The highest BCUT2D eigenvalue weighted by Crippen LogP contribution is 2.12. The van der Waals surface area contributed by atoms with Crippen molar-refractivity contribution in [1.82, 2.24) is 20.2 Å². The Morgan fingerprint density at radius 1 is 1.15 bits per heavy atom. The van der Waals surface area contributed by atoms with Crippen LogP contribution in [0.1, 0.15) is 31.1 Å². The Morgan fingerprint density at radius 2 is 1.85 bits per heavy atom. The van der Waals surface area contributed by atoms with Gasteiger partial charge in [0.15, 0.2) is 0 Å². The number of methoxy groups -OCH3 is 1. The Bertz CT molecular complexity index is 711. The van der Waals surface area contributed by atoms with Gasteiger partial charge >= 0.3 is 0 Å². The first-order valence-corrected chi connectivity index (χ1v) is 8.61. The molecule has 2 N–H and O–H groups in total. The maximum absolute atomic E-state index is 12.6. The van der Waals surface area contributed by atoms with Crippen LogP contribution >= 0.6 is 0 Å². The minimum Gasteiger partial charge on any atom is -0.497 e. The molecule has 0 bridgehead atoms. The molecule has 1 aromatic carbocycles. The Morgan fingerprint density at radius 3 is 2.38 bits per heavy atom. The van der Waals surface area contributed by atoms with Crippen LogP contribution in [0.5, 0.6) is 5.75 Å². The minimum atomic E-state index is -0.616. The molecule has 7 heteroatoms. The van der Waals surface area contributed by atoms with Crippen LogP contribution in [-0.4, -0.2) is 40.6 Å². The maximum Gasteiger partial charge on any atom is 0.251 e. The fraction of sp³-hybridized carbons (Fsp3) is 0.421. The summed E-state index contributed by atoms with van der Waals surface area (Å²) in [5.41, 5.74) is 0.482. The molecule has 2 rings (SSSR count). The van der Waals surface area contributed by atoms with Crippen LogP contribution in [0.2, 0.25) is 0 Å². The highest BCUT2D eigenvalue weighted by molar-refractivity contribution is 5.97. The van der Waals surface area contributed by atoms with Crippen LogP contribution in [0, 0.1) is 5.92 Å². The van der Waals surface area contributed by atoms with Crippen LogP contribution in [-0.2, 0) is 11.3 Å². The lowest BCUT2D eigenvalue weighted by Gasteiger charge is -2.24. The molecule has 1 aromatic heterocycles. The summed E-state index contributed by atoms with van der Waals surface area (Å²) in [4.78, 5) is 29.1. The molecule has 0 saturated carbocycles. The number of amides is 2. The molecular formula is C19H26N4O3. The number of rotatable bonds is 8. The van der Waals surface area contributed by atoms with E-state index in [2.05, 4.69) is 15.6 Å².